The van der Waals surface area contributed by atoms with E-state index in [0.29, 0.717) is 0 Å². The Morgan fingerprint density at radius 1 is 1.39 bits per heavy atom. The predicted octanol–water partition coefficient (Wildman–Crippen LogP) is 3.39. The number of benzene rings is 1. The number of aryl methyl sites for hydroxylation is 1. The fourth-order valence-corrected chi connectivity index (χ4v) is 1.58. The third kappa shape index (κ3) is 4.78. The van der Waals surface area contributed by atoms with Gasteiger partial charge in [0.1, 0.15) is 11.6 Å². The van der Waals surface area contributed by atoms with E-state index in [1.54, 1.807) is 0 Å². The number of nitrogens with one attached hydrogen (secondary N) is 1. The summed E-state index contributed by atoms with van der Waals surface area (Å²) in [5, 5.41) is 3.16. The number of rotatable bonds is 4. The molecule has 0 radical (unpaired) electrons. The predicted molar refractivity (Wildman–Crippen MR) is 74.7 cm³/mol. The molecule has 3 heteroatoms. The highest BCUT2D eigenvalue weighted by atomic mass is 16.6. The van der Waals surface area contributed by atoms with Crippen molar-refractivity contribution in [2.45, 2.75) is 52.7 Å². The van der Waals surface area contributed by atoms with E-state index in [-0.39, 0.29) is 12.0 Å². The molecule has 1 aromatic rings. The van der Waals surface area contributed by atoms with Crippen LogP contribution in [0.15, 0.2) is 24.3 Å². The monoisotopic (exact) mass is 249 g/mol. The summed E-state index contributed by atoms with van der Waals surface area (Å²) in [6.07, 6.45) is 0.982. The van der Waals surface area contributed by atoms with Crippen molar-refractivity contribution >= 4 is 11.7 Å². The summed E-state index contributed by atoms with van der Waals surface area (Å²) in [6, 6.07) is 7.73. The lowest BCUT2D eigenvalue weighted by molar-refractivity contribution is -0.155. The second-order valence-electron chi connectivity index (χ2n) is 5.45. The van der Waals surface area contributed by atoms with Crippen LogP contribution in [0.4, 0.5) is 5.69 Å². The molecule has 18 heavy (non-hydrogen) atoms. The average molecular weight is 249 g/mol. The van der Waals surface area contributed by atoms with Crippen LogP contribution in [-0.2, 0) is 16.0 Å². The number of hydrogen-bond acceptors (Lipinski definition) is 3. The van der Waals surface area contributed by atoms with E-state index in [2.05, 4.69) is 24.4 Å². The zero-order chi connectivity index (χ0) is 13.8. The van der Waals surface area contributed by atoms with Gasteiger partial charge in [-0.2, -0.15) is 0 Å². The van der Waals surface area contributed by atoms with Crippen LogP contribution in [0.2, 0.25) is 0 Å². The lowest BCUT2D eigenvalue weighted by Crippen LogP contribution is -2.34. The minimum absolute atomic E-state index is 0.232. The number of hydrogen-bond donors (Lipinski definition) is 1. The molecular formula is C15H23NO2. The van der Waals surface area contributed by atoms with Gasteiger partial charge in [-0.15, -0.1) is 0 Å². The Hall–Kier alpha value is -1.51. The number of ether oxygens (including phenoxy) is 1. The third-order valence-corrected chi connectivity index (χ3v) is 2.48. The molecule has 0 saturated carbocycles. The first-order valence-electron chi connectivity index (χ1n) is 6.40. The van der Waals surface area contributed by atoms with Gasteiger partial charge in [-0.25, -0.2) is 4.79 Å². The molecule has 0 amide bonds. The molecule has 100 valence electrons. The summed E-state index contributed by atoms with van der Waals surface area (Å²) >= 11 is 0. The lowest BCUT2D eigenvalue weighted by atomic mass is 10.1. The van der Waals surface area contributed by atoms with Crippen LogP contribution in [0.3, 0.4) is 0 Å². The molecule has 0 aromatic heterocycles. The fraction of sp³-hybridized carbons (Fsp3) is 0.533. The molecule has 1 rings (SSSR count). The molecule has 0 aliphatic carbocycles. The van der Waals surface area contributed by atoms with Crippen molar-refractivity contribution in [3.05, 3.63) is 29.8 Å². The van der Waals surface area contributed by atoms with Gasteiger partial charge in [0.05, 0.1) is 0 Å². The maximum atomic E-state index is 11.8. The summed E-state index contributed by atoms with van der Waals surface area (Å²) in [5.74, 6) is -0.232. The summed E-state index contributed by atoms with van der Waals surface area (Å²) in [5.41, 5.74) is 1.75. The van der Waals surface area contributed by atoms with E-state index < -0.39 is 5.60 Å². The van der Waals surface area contributed by atoms with E-state index in [0.717, 1.165) is 12.1 Å². The van der Waals surface area contributed by atoms with Gasteiger partial charge >= 0.3 is 5.97 Å². The Morgan fingerprint density at radius 3 is 2.61 bits per heavy atom. The van der Waals surface area contributed by atoms with Crippen LogP contribution in [0, 0.1) is 0 Å². The normalized spacial score (nSPS) is 12.9. The van der Waals surface area contributed by atoms with Gasteiger partial charge in [0.2, 0.25) is 0 Å². The van der Waals surface area contributed by atoms with Crippen LogP contribution < -0.4 is 5.32 Å². The van der Waals surface area contributed by atoms with Crippen LogP contribution in [0.1, 0.15) is 40.2 Å². The molecule has 0 heterocycles. The molecule has 0 aliphatic heterocycles. The Morgan fingerprint density at radius 2 is 2.06 bits per heavy atom. The molecule has 0 aliphatic rings. The van der Waals surface area contributed by atoms with E-state index in [9.17, 15) is 4.79 Å². The quantitative estimate of drug-likeness (QED) is 0.831. The van der Waals surface area contributed by atoms with Crippen LogP contribution in [0.5, 0.6) is 0 Å². The van der Waals surface area contributed by atoms with Gasteiger partial charge in [-0.1, -0.05) is 19.1 Å². The first-order valence-corrected chi connectivity index (χ1v) is 6.40. The van der Waals surface area contributed by atoms with Gasteiger partial charge in [0, 0.05) is 5.69 Å². The molecule has 1 aromatic carbocycles. The van der Waals surface area contributed by atoms with Crippen LogP contribution in [-0.4, -0.2) is 17.6 Å². The summed E-state index contributed by atoms with van der Waals surface area (Å²) < 4.78 is 5.33. The van der Waals surface area contributed by atoms with Crippen molar-refractivity contribution < 1.29 is 9.53 Å². The third-order valence-electron chi connectivity index (χ3n) is 2.48. The molecule has 0 saturated heterocycles. The number of anilines is 1. The molecule has 0 fully saturated rings. The van der Waals surface area contributed by atoms with Crippen molar-refractivity contribution in [2.24, 2.45) is 0 Å². The Kier molecular flexibility index (Phi) is 4.76. The molecule has 0 bridgehead atoms. The zero-order valence-electron chi connectivity index (χ0n) is 11.9. The number of carbonyl (C=O) groups excluding carboxylic acids is 1. The minimum Gasteiger partial charge on any atom is -0.458 e. The number of esters is 1. The second-order valence-corrected chi connectivity index (χ2v) is 5.45. The molecular weight excluding hydrogens is 226 g/mol. The van der Waals surface area contributed by atoms with Crippen molar-refractivity contribution in [3.63, 3.8) is 0 Å². The topological polar surface area (TPSA) is 38.3 Å². The molecule has 1 atom stereocenters. The van der Waals surface area contributed by atoms with Crippen molar-refractivity contribution in [1.82, 2.24) is 0 Å². The van der Waals surface area contributed by atoms with E-state index >= 15 is 0 Å². The lowest BCUT2D eigenvalue weighted by Gasteiger charge is -2.23. The van der Waals surface area contributed by atoms with Gasteiger partial charge in [-0.3, -0.25) is 0 Å². The van der Waals surface area contributed by atoms with Gasteiger partial charge < -0.3 is 10.1 Å². The van der Waals surface area contributed by atoms with Gasteiger partial charge in [-0.05, 0) is 51.8 Å². The Balaban J connectivity index is 2.63. The van der Waals surface area contributed by atoms with Crippen molar-refractivity contribution in [3.8, 4) is 0 Å². The van der Waals surface area contributed by atoms with Gasteiger partial charge in [0.25, 0.3) is 0 Å². The van der Waals surface area contributed by atoms with Crippen molar-refractivity contribution in [1.29, 1.82) is 0 Å². The summed E-state index contributed by atoms with van der Waals surface area (Å²) in [7, 11) is 0. The molecule has 1 unspecified atom stereocenters. The molecule has 1 N–H and O–H groups in total. The highest BCUT2D eigenvalue weighted by molar-refractivity contribution is 5.79. The number of carbonyl (C=O) groups is 1. The zero-order valence-corrected chi connectivity index (χ0v) is 11.9. The molecule has 3 nitrogen and oxygen atoms in total. The van der Waals surface area contributed by atoms with E-state index in [1.165, 1.54) is 5.56 Å². The standard InChI is InChI=1S/C15H23NO2/c1-6-12-8-7-9-13(10-12)16-11(2)14(17)18-15(3,4)5/h7-11,16H,6H2,1-5H3. The van der Waals surface area contributed by atoms with E-state index in [4.69, 9.17) is 4.74 Å². The highest BCUT2D eigenvalue weighted by Crippen LogP contribution is 2.14. The fourth-order valence-electron chi connectivity index (χ4n) is 1.58. The smallest absolute Gasteiger partial charge is 0.328 e. The largest absolute Gasteiger partial charge is 0.458 e. The maximum Gasteiger partial charge on any atom is 0.328 e. The first-order chi connectivity index (χ1) is 8.31. The highest BCUT2D eigenvalue weighted by Gasteiger charge is 2.21. The molecule has 0 spiro atoms. The van der Waals surface area contributed by atoms with Crippen molar-refractivity contribution in [2.75, 3.05) is 5.32 Å². The van der Waals surface area contributed by atoms with Crippen LogP contribution in [0.25, 0.3) is 0 Å². The Labute approximate surface area is 110 Å². The first kappa shape index (κ1) is 14.6. The second kappa shape index (κ2) is 5.89. The van der Waals surface area contributed by atoms with Crippen LogP contribution >= 0.6 is 0 Å². The SMILES string of the molecule is CCc1cccc(NC(C)C(=O)OC(C)(C)C)c1. The van der Waals surface area contributed by atoms with Gasteiger partial charge in [0.15, 0.2) is 0 Å². The Bertz CT molecular complexity index is 407. The minimum atomic E-state index is -0.446. The summed E-state index contributed by atoms with van der Waals surface area (Å²) in [6.45, 7) is 9.53. The van der Waals surface area contributed by atoms with E-state index in [1.807, 2.05) is 39.8 Å². The average Bonchev–Trinajstić information content (AvgIpc) is 2.27. The summed E-state index contributed by atoms with van der Waals surface area (Å²) in [4.78, 5) is 11.8. The maximum absolute atomic E-state index is 11.8.